The predicted octanol–water partition coefficient (Wildman–Crippen LogP) is 1.77. The number of carbonyl (C=O) groups excluding carboxylic acids is 1. The Kier molecular flexibility index (Phi) is 6.69. The topological polar surface area (TPSA) is 96.9 Å². The van der Waals surface area contributed by atoms with Crippen LogP contribution in [-0.4, -0.2) is 57.3 Å². The molecule has 2 atom stereocenters. The number of rotatable bonds is 5. The van der Waals surface area contributed by atoms with Crippen molar-refractivity contribution in [2.45, 2.75) is 11.0 Å². The second kappa shape index (κ2) is 8.43. The first kappa shape index (κ1) is 21.4. The fraction of sp³-hybridized carbons (Fsp3) is 0.389. The van der Waals surface area contributed by atoms with Crippen LogP contribution in [-0.2, 0) is 10.0 Å². The van der Waals surface area contributed by atoms with Gasteiger partial charge in [0.15, 0.2) is 5.76 Å². The summed E-state index contributed by atoms with van der Waals surface area (Å²) in [6.45, 7) is 1.52. The molecule has 9 heteroatoms. The zero-order valence-corrected chi connectivity index (χ0v) is 16.9. The van der Waals surface area contributed by atoms with Crippen LogP contribution in [0.15, 0.2) is 52.0 Å². The molecule has 0 saturated carbocycles. The van der Waals surface area contributed by atoms with E-state index in [1.165, 1.54) is 26.2 Å². The summed E-state index contributed by atoms with van der Waals surface area (Å²) in [6.07, 6.45) is 0. The Balaban J connectivity index is 0.00000261. The third kappa shape index (κ3) is 4.19. The number of nitrogens with two attached hydrogens (primary N) is 1. The number of carbonyl (C=O) groups is 1. The third-order valence-corrected chi connectivity index (χ3v) is 6.48. The Morgan fingerprint density at radius 3 is 2.44 bits per heavy atom. The molecule has 1 aromatic heterocycles. The maximum Gasteiger partial charge on any atom is 0.289 e. The second-order valence-electron chi connectivity index (χ2n) is 6.63. The molecule has 1 aromatic carbocycles. The molecule has 2 heterocycles. The largest absolute Gasteiger partial charge is 0.438 e. The van der Waals surface area contributed by atoms with E-state index in [1.807, 2.05) is 30.3 Å². The minimum atomic E-state index is -3.71. The van der Waals surface area contributed by atoms with Gasteiger partial charge in [0.1, 0.15) is 0 Å². The van der Waals surface area contributed by atoms with Gasteiger partial charge in [0.2, 0.25) is 5.09 Å². The van der Waals surface area contributed by atoms with Crippen molar-refractivity contribution in [3.63, 3.8) is 0 Å². The standard InChI is InChI=1S/C18H23N3O4S.ClH/c1-20(2)26(23,24)17-9-8-16(25-17)18(22)21-11-14(10-19)15(12-21)13-6-4-3-5-7-13;/h3-9,14-15H,10-12,19H2,1-2H3;1H/t14-,15+;/m1./s1. The minimum absolute atomic E-state index is 0. The van der Waals surface area contributed by atoms with E-state index >= 15 is 0 Å². The number of nitrogens with zero attached hydrogens (tertiary/aromatic N) is 2. The maximum atomic E-state index is 12.8. The molecule has 1 saturated heterocycles. The number of amides is 1. The smallest absolute Gasteiger partial charge is 0.289 e. The van der Waals surface area contributed by atoms with Gasteiger partial charge < -0.3 is 15.1 Å². The summed E-state index contributed by atoms with van der Waals surface area (Å²) in [4.78, 5) is 14.5. The lowest BCUT2D eigenvalue weighted by Crippen LogP contribution is -2.29. The highest BCUT2D eigenvalue weighted by molar-refractivity contribution is 7.88. The number of sulfonamides is 1. The molecule has 7 nitrogen and oxygen atoms in total. The molecule has 2 N–H and O–H groups in total. The highest BCUT2D eigenvalue weighted by atomic mass is 35.5. The van der Waals surface area contributed by atoms with E-state index in [1.54, 1.807) is 4.90 Å². The van der Waals surface area contributed by atoms with E-state index < -0.39 is 10.0 Å². The zero-order chi connectivity index (χ0) is 18.9. The van der Waals surface area contributed by atoms with Crippen molar-refractivity contribution in [3.05, 3.63) is 53.8 Å². The molecule has 2 aromatic rings. The monoisotopic (exact) mass is 413 g/mol. The summed E-state index contributed by atoms with van der Waals surface area (Å²) in [5.41, 5.74) is 7.06. The van der Waals surface area contributed by atoms with E-state index in [9.17, 15) is 13.2 Å². The van der Waals surface area contributed by atoms with Crippen molar-refractivity contribution in [3.8, 4) is 0 Å². The number of hydrogen-bond donors (Lipinski definition) is 1. The molecular weight excluding hydrogens is 390 g/mol. The average Bonchev–Trinajstić information content (AvgIpc) is 3.29. The van der Waals surface area contributed by atoms with Gasteiger partial charge in [-0.25, -0.2) is 12.7 Å². The first-order valence-electron chi connectivity index (χ1n) is 8.41. The van der Waals surface area contributed by atoms with E-state index in [4.69, 9.17) is 10.2 Å². The van der Waals surface area contributed by atoms with Gasteiger partial charge in [0, 0.05) is 33.1 Å². The summed E-state index contributed by atoms with van der Waals surface area (Å²) in [7, 11) is -0.881. The molecule has 0 unspecified atom stereocenters. The molecule has 1 aliphatic rings. The molecular formula is C18H24ClN3O4S. The number of likely N-dealkylation sites (tertiary alicyclic amines) is 1. The van der Waals surface area contributed by atoms with E-state index in [-0.39, 0.29) is 41.0 Å². The average molecular weight is 414 g/mol. The van der Waals surface area contributed by atoms with Crippen molar-refractivity contribution in [2.75, 3.05) is 33.7 Å². The van der Waals surface area contributed by atoms with Crippen LogP contribution < -0.4 is 5.73 Å². The lowest BCUT2D eigenvalue weighted by molar-refractivity contribution is 0.0749. The second-order valence-corrected chi connectivity index (χ2v) is 8.71. The lowest BCUT2D eigenvalue weighted by Gasteiger charge is -2.16. The highest BCUT2D eigenvalue weighted by Crippen LogP contribution is 2.33. The Bertz CT molecular complexity index is 883. The molecule has 1 amide bonds. The summed E-state index contributed by atoms with van der Waals surface area (Å²) in [5.74, 6) is 0.0170. The van der Waals surface area contributed by atoms with Crippen LogP contribution in [0.25, 0.3) is 0 Å². The number of furan rings is 1. The Morgan fingerprint density at radius 1 is 1.19 bits per heavy atom. The summed E-state index contributed by atoms with van der Waals surface area (Å²) >= 11 is 0. The van der Waals surface area contributed by atoms with Gasteiger partial charge in [-0.3, -0.25) is 4.79 Å². The fourth-order valence-corrected chi connectivity index (χ4v) is 4.06. The maximum absolute atomic E-state index is 12.8. The van der Waals surface area contributed by atoms with Crippen LogP contribution in [0.5, 0.6) is 0 Å². The molecule has 0 radical (unpaired) electrons. The van der Waals surface area contributed by atoms with E-state index in [0.29, 0.717) is 19.6 Å². The third-order valence-electron chi connectivity index (χ3n) is 4.79. The van der Waals surface area contributed by atoms with Crippen LogP contribution in [0.4, 0.5) is 0 Å². The Labute approximate surface area is 165 Å². The predicted molar refractivity (Wildman–Crippen MR) is 104 cm³/mol. The van der Waals surface area contributed by atoms with Crippen molar-refractivity contribution >= 4 is 28.3 Å². The van der Waals surface area contributed by atoms with Crippen LogP contribution in [0.3, 0.4) is 0 Å². The molecule has 148 valence electrons. The molecule has 27 heavy (non-hydrogen) atoms. The molecule has 0 spiro atoms. The molecule has 0 bridgehead atoms. The normalized spacial score (nSPS) is 19.9. The van der Waals surface area contributed by atoms with Gasteiger partial charge in [-0.1, -0.05) is 30.3 Å². The van der Waals surface area contributed by atoms with Gasteiger partial charge in [0.05, 0.1) is 0 Å². The van der Waals surface area contributed by atoms with Crippen LogP contribution in [0.2, 0.25) is 0 Å². The Morgan fingerprint density at radius 2 is 1.85 bits per heavy atom. The number of benzene rings is 1. The van der Waals surface area contributed by atoms with Crippen LogP contribution in [0.1, 0.15) is 22.0 Å². The summed E-state index contributed by atoms with van der Waals surface area (Å²) in [6, 6.07) is 12.7. The van der Waals surface area contributed by atoms with Crippen molar-refractivity contribution in [2.24, 2.45) is 11.7 Å². The highest BCUT2D eigenvalue weighted by Gasteiger charge is 2.37. The van der Waals surface area contributed by atoms with Crippen LogP contribution >= 0.6 is 12.4 Å². The van der Waals surface area contributed by atoms with Gasteiger partial charge in [-0.15, -0.1) is 12.4 Å². The number of halogens is 1. The molecule has 1 aliphatic heterocycles. The summed E-state index contributed by atoms with van der Waals surface area (Å²) < 4.78 is 30.6. The van der Waals surface area contributed by atoms with Crippen molar-refractivity contribution < 1.29 is 17.6 Å². The minimum Gasteiger partial charge on any atom is -0.438 e. The zero-order valence-electron chi connectivity index (χ0n) is 15.2. The quantitative estimate of drug-likeness (QED) is 0.805. The van der Waals surface area contributed by atoms with Crippen molar-refractivity contribution in [1.82, 2.24) is 9.21 Å². The lowest BCUT2D eigenvalue weighted by atomic mass is 9.89. The molecule has 0 aliphatic carbocycles. The van der Waals surface area contributed by atoms with Gasteiger partial charge in [-0.05, 0) is 30.2 Å². The van der Waals surface area contributed by atoms with E-state index in [0.717, 1.165) is 9.87 Å². The SMILES string of the molecule is CN(C)S(=O)(=O)c1ccc(C(=O)N2C[C@@H](CN)[C@H](c3ccccc3)C2)o1.Cl. The van der Waals surface area contributed by atoms with Gasteiger partial charge in [-0.2, -0.15) is 0 Å². The van der Waals surface area contributed by atoms with Crippen molar-refractivity contribution in [1.29, 1.82) is 0 Å². The van der Waals surface area contributed by atoms with Crippen LogP contribution in [0, 0.1) is 5.92 Å². The molecule has 1 fully saturated rings. The number of hydrogen-bond acceptors (Lipinski definition) is 5. The Hall–Kier alpha value is -1.87. The van der Waals surface area contributed by atoms with Gasteiger partial charge >= 0.3 is 0 Å². The first-order valence-corrected chi connectivity index (χ1v) is 9.85. The fourth-order valence-electron chi connectivity index (χ4n) is 3.26. The summed E-state index contributed by atoms with van der Waals surface area (Å²) in [5, 5.41) is -0.236. The first-order chi connectivity index (χ1) is 12.3. The van der Waals surface area contributed by atoms with Gasteiger partial charge in [0.25, 0.3) is 15.9 Å². The van der Waals surface area contributed by atoms with E-state index in [2.05, 4.69) is 0 Å². The molecule has 3 rings (SSSR count).